The lowest BCUT2D eigenvalue weighted by Gasteiger charge is -2.25. The molecule has 0 spiro atoms. The van der Waals surface area contributed by atoms with Crippen LogP contribution in [0, 0.1) is 0 Å². The number of carbonyl (C=O) groups excluding carboxylic acids is 1. The number of aromatic carboxylic acids is 1. The molecule has 0 fully saturated rings. The van der Waals surface area contributed by atoms with Crippen molar-refractivity contribution in [1.82, 2.24) is 4.90 Å². The van der Waals surface area contributed by atoms with Crippen molar-refractivity contribution in [2.45, 2.75) is 39.7 Å². The van der Waals surface area contributed by atoms with Crippen LogP contribution in [0.5, 0.6) is 0 Å². The molecule has 1 N–H and O–H groups in total. The topological polar surface area (TPSA) is 57.6 Å². The van der Waals surface area contributed by atoms with Gasteiger partial charge in [-0.15, -0.1) is 0 Å². The summed E-state index contributed by atoms with van der Waals surface area (Å²) in [5.74, 6) is -0.878. The summed E-state index contributed by atoms with van der Waals surface area (Å²) < 4.78 is 0. The first-order chi connectivity index (χ1) is 8.97. The van der Waals surface area contributed by atoms with Crippen LogP contribution in [0.1, 0.15) is 43.1 Å². The SMILES string of the molecule is CCN(C(=O)CCc1ccccc1C(=O)O)C(C)C. The Balaban J connectivity index is 2.72. The number of benzene rings is 1. The zero-order valence-corrected chi connectivity index (χ0v) is 11.7. The van der Waals surface area contributed by atoms with E-state index in [9.17, 15) is 9.59 Å². The van der Waals surface area contributed by atoms with Gasteiger partial charge in [0.05, 0.1) is 5.56 Å². The molecular formula is C15H21NO3. The number of rotatable bonds is 6. The van der Waals surface area contributed by atoms with Crippen molar-refractivity contribution in [3.05, 3.63) is 35.4 Å². The van der Waals surface area contributed by atoms with Crippen LogP contribution in [0.25, 0.3) is 0 Å². The van der Waals surface area contributed by atoms with E-state index in [1.807, 2.05) is 20.8 Å². The quantitative estimate of drug-likeness (QED) is 0.858. The number of hydrogen-bond acceptors (Lipinski definition) is 2. The summed E-state index contributed by atoms with van der Waals surface area (Å²) in [6, 6.07) is 7.00. The second kappa shape index (κ2) is 6.92. The second-order valence-corrected chi connectivity index (χ2v) is 4.74. The smallest absolute Gasteiger partial charge is 0.335 e. The van der Waals surface area contributed by atoms with E-state index in [4.69, 9.17) is 5.11 Å². The van der Waals surface area contributed by atoms with Crippen LogP contribution in [-0.4, -0.2) is 34.5 Å². The number of carboxylic acid groups (broad SMARTS) is 1. The van der Waals surface area contributed by atoms with Crippen LogP contribution in [-0.2, 0) is 11.2 Å². The molecule has 4 nitrogen and oxygen atoms in total. The summed E-state index contributed by atoms with van der Waals surface area (Å²) in [6.07, 6.45) is 0.806. The molecule has 0 radical (unpaired) electrons. The Bertz CT molecular complexity index is 454. The standard InChI is InChI=1S/C15H21NO3/c1-4-16(11(2)3)14(17)10-9-12-7-5-6-8-13(12)15(18)19/h5-8,11H,4,9-10H2,1-3H3,(H,18,19). The van der Waals surface area contributed by atoms with Crippen molar-refractivity contribution in [3.63, 3.8) is 0 Å². The van der Waals surface area contributed by atoms with Gasteiger partial charge in [-0.25, -0.2) is 4.79 Å². The first-order valence-electron chi connectivity index (χ1n) is 6.58. The Morgan fingerprint density at radius 3 is 2.42 bits per heavy atom. The molecule has 0 saturated heterocycles. The lowest BCUT2D eigenvalue weighted by Crippen LogP contribution is -2.36. The average molecular weight is 263 g/mol. The van der Waals surface area contributed by atoms with Crippen LogP contribution >= 0.6 is 0 Å². The zero-order chi connectivity index (χ0) is 14.4. The molecule has 1 rings (SSSR count). The van der Waals surface area contributed by atoms with Crippen molar-refractivity contribution < 1.29 is 14.7 Å². The second-order valence-electron chi connectivity index (χ2n) is 4.74. The van der Waals surface area contributed by atoms with E-state index in [1.54, 1.807) is 29.2 Å². The predicted octanol–water partition coefficient (Wildman–Crippen LogP) is 2.57. The summed E-state index contributed by atoms with van der Waals surface area (Å²) in [4.78, 5) is 24.9. The Hall–Kier alpha value is -1.84. The van der Waals surface area contributed by atoms with Crippen LogP contribution in [0.4, 0.5) is 0 Å². The molecule has 4 heteroatoms. The molecule has 0 unspecified atom stereocenters. The van der Waals surface area contributed by atoms with E-state index < -0.39 is 5.97 Å². The molecule has 1 aromatic rings. The van der Waals surface area contributed by atoms with Gasteiger partial charge < -0.3 is 10.0 Å². The molecule has 0 aliphatic heterocycles. The van der Waals surface area contributed by atoms with Gasteiger partial charge in [-0.2, -0.15) is 0 Å². The molecule has 1 aromatic carbocycles. The van der Waals surface area contributed by atoms with E-state index >= 15 is 0 Å². The predicted molar refractivity (Wildman–Crippen MR) is 74.2 cm³/mol. The van der Waals surface area contributed by atoms with Gasteiger partial charge in [-0.05, 0) is 38.8 Å². The first kappa shape index (κ1) is 15.2. The number of carbonyl (C=O) groups is 2. The van der Waals surface area contributed by atoms with Crippen molar-refractivity contribution in [2.24, 2.45) is 0 Å². The molecule has 0 heterocycles. The lowest BCUT2D eigenvalue weighted by atomic mass is 10.0. The average Bonchev–Trinajstić information content (AvgIpc) is 2.37. The van der Waals surface area contributed by atoms with Gasteiger partial charge in [0.15, 0.2) is 0 Å². The van der Waals surface area contributed by atoms with Crippen molar-refractivity contribution in [2.75, 3.05) is 6.54 Å². The van der Waals surface area contributed by atoms with E-state index in [2.05, 4.69) is 0 Å². The summed E-state index contributed by atoms with van der Waals surface area (Å²) >= 11 is 0. The molecule has 0 aliphatic rings. The Kier molecular flexibility index (Phi) is 5.55. The van der Waals surface area contributed by atoms with Gasteiger partial charge in [-0.1, -0.05) is 18.2 Å². The molecule has 0 saturated carbocycles. The van der Waals surface area contributed by atoms with Crippen molar-refractivity contribution >= 4 is 11.9 Å². The highest BCUT2D eigenvalue weighted by molar-refractivity contribution is 5.89. The zero-order valence-electron chi connectivity index (χ0n) is 11.7. The third-order valence-electron chi connectivity index (χ3n) is 3.14. The molecule has 0 bridgehead atoms. The van der Waals surface area contributed by atoms with Gasteiger partial charge in [0.1, 0.15) is 0 Å². The lowest BCUT2D eigenvalue weighted by molar-refractivity contribution is -0.132. The summed E-state index contributed by atoms with van der Waals surface area (Å²) in [6.45, 7) is 6.58. The number of hydrogen-bond donors (Lipinski definition) is 1. The first-order valence-corrected chi connectivity index (χ1v) is 6.58. The van der Waals surface area contributed by atoms with Gasteiger partial charge in [-0.3, -0.25) is 4.79 Å². The van der Waals surface area contributed by atoms with Gasteiger partial charge in [0.2, 0.25) is 5.91 Å². The monoisotopic (exact) mass is 263 g/mol. The van der Waals surface area contributed by atoms with Gasteiger partial charge in [0, 0.05) is 19.0 Å². The van der Waals surface area contributed by atoms with E-state index in [0.717, 1.165) is 0 Å². The molecule has 0 aromatic heterocycles. The summed E-state index contributed by atoms with van der Waals surface area (Å²) in [5.41, 5.74) is 0.992. The van der Waals surface area contributed by atoms with Crippen LogP contribution < -0.4 is 0 Å². The fourth-order valence-electron chi connectivity index (χ4n) is 2.16. The fourth-order valence-corrected chi connectivity index (χ4v) is 2.16. The number of carboxylic acids is 1. The Morgan fingerprint density at radius 2 is 1.89 bits per heavy atom. The van der Waals surface area contributed by atoms with Gasteiger partial charge in [0.25, 0.3) is 0 Å². The highest BCUT2D eigenvalue weighted by atomic mass is 16.4. The van der Waals surface area contributed by atoms with E-state index in [-0.39, 0.29) is 17.5 Å². The fraction of sp³-hybridized carbons (Fsp3) is 0.467. The summed E-state index contributed by atoms with van der Waals surface area (Å²) in [5, 5.41) is 9.08. The maximum Gasteiger partial charge on any atom is 0.335 e. The molecular weight excluding hydrogens is 242 g/mol. The summed E-state index contributed by atoms with van der Waals surface area (Å²) in [7, 11) is 0. The van der Waals surface area contributed by atoms with Crippen LogP contribution in [0.15, 0.2) is 24.3 Å². The largest absolute Gasteiger partial charge is 0.478 e. The molecule has 0 atom stereocenters. The minimum absolute atomic E-state index is 0.0673. The minimum Gasteiger partial charge on any atom is -0.478 e. The Morgan fingerprint density at radius 1 is 1.26 bits per heavy atom. The maximum absolute atomic E-state index is 12.0. The Labute approximate surface area is 114 Å². The number of aryl methyl sites for hydroxylation is 1. The minimum atomic E-state index is -0.945. The third kappa shape index (κ3) is 4.09. The molecule has 0 aliphatic carbocycles. The molecule has 104 valence electrons. The number of amides is 1. The van der Waals surface area contributed by atoms with Crippen LogP contribution in [0.3, 0.4) is 0 Å². The highest BCUT2D eigenvalue weighted by Crippen LogP contribution is 2.12. The van der Waals surface area contributed by atoms with Crippen molar-refractivity contribution in [3.8, 4) is 0 Å². The van der Waals surface area contributed by atoms with Crippen LogP contribution in [0.2, 0.25) is 0 Å². The molecule has 19 heavy (non-hydrogen) atoms. The van der Waals surface area contributed by atoms with Gasteiger partial charge >= 0.3 is 5.97 Å². The van der Waals surface area contributed by atoms with E-state index in [1.165, 1.54) is 0 Å². The maximum atomic E-state index is 12.0. The third-order valence-corrected chi connectivity index (χ3v) is 3.14. The number of nitrogens with zero attached hydrogens (tertiary/aromatic N) is 1. The van der Waals surface area contributed by atoms with E-state index in [0.29, 0.717) is 24.9 Å². The highest BCUT2D eigenvalue weighted by Gasteiger charge is 2.16. The normalized spacial score (nSPS) is 10.5. The van der Waals surface area contributed by atoms with Crippen molar-refractivity contribution in [1.29, 1.82) is 0 Å². The molecule has 1 amide bonds.